The molecule has 1 rings (SSSR count). The largest absolute Gasteiger partial charge is 0.416 e. The monoisotopic (exact) mass is 275 g/mol. The van der Waals surface area contributed by atoms with Gasteiger partial charge in [0.05, 0.1) is 5.56 Å². The van der Waals surface area contributed by atoms with E-state index in [9.17, 15) is 13.2 Å². The smallest absolute Gasteiger partial charge is 0.385 e. The molecule has 2 atom stereocenters. The summed E-state index contributed by atoms with van der Waals surface area (Å²) < 4.78 is 43.1. The number of halogens is 3. The summed E-state index contributed by atoms with van der Waals surface area (Å²) in [5, 5.41) is 3.08. The Hall–Kier alpha value is -1.07. The third-order valence-corrected chi connectivity index (χ3v) is 3.23. The zero-order chi connectivity index (χ0) is 14.5. The molecule has 0 radical (unpaired) electrons. The Bertz CT molecular complexity index is 393. The fourth-order valence-electron chi connectivity index (χ4n) is 2.16. The second kappa shape index (κ2) is 6.91. The van der Waals surface area contributed by atoms with E-state index in [2.05, 4.69) is 5.32 Å². The third kappa shape index (κ3) is 4.51. The zero-order valence-corrected chi connectivity index (χ0v) is 11.4. The minimum absolute atomic E-state index is 0.113. The van der Waals surface area contributed by atoms with Crippen molar-refractivity contribution in [1.82, 2.24) is 5.32 Å². The van der Waals surface area contributed by atoms with Crippen molar-refractivity contribution in [3.8, 4) is 0 Å². The van der Waals surface area contributed by atoms with Crippen molar-refractivity contribution in [3.05, 3.63) is 35.4 Å². The van der Waals surface area contributed by atoms with Crippen LogP contribution in [0.3, 0.4) is 0 Å². The van der Waals surface area contributed by atoms with Crippen molar-refractivity contribution in [1.29, 1.82) is 0 Å². The molecule has 0 amide bonds. The fraction of sp³-hybridized carbons (Fsp3) is 0.571. The van der Waals surface area contributed by atoms with Gasteiger partial charge in [-0.1, -0.05) is 19.1 Å². The molecule has 0 bridgehead atoms. The van der Waals surface area contributed by atoms with Crippen molar-refractivity contribution in [2.75, 3.05) is 20.8 Å². The topological polar surface area (TPSA) is 21.3 Å². The molecule has 108 valence electrons. The van der Waals surface area contributed by atoms with Crippen molar-refractivity contribution < 1.29 is 17.9 Å². The molecule has 0 aliphatic heterocycles. The summed E-state index contributed by atoms with van der Waals surface area (Å²) in [5.41, 5.74) is 0.0464. The molecule has 0 aromatic heterocycles. The number of alkyl halides is 3. The van der Waals surface area contributed by atoms with Gasteiger partial charge in [-0.25, -0.2) is 0 Å². The van der Waals surface area contributed by atoms with Crippen LogP contribution >= 0.6 is 0 Å². The first-order valence-electron chi connectivity index (χ1n) is 6.23. The highest BCUT2D eigenvalue weighted by atomic mass is 19.4. The quantitative estimate of drug-likeness (QED) is 0.856. The molecule has 1 aromatic carbocycles. The van der Waals surface area contributed by atoms with Crippen LogP contribution in [-0.2, 0) is 10.9 Å². The highest BCUT2D eigenvalue weighted by Crippen LogP contribution is 2.32. The highest BCUT2D eigenvalue weighted by molar-refractivity contribution is 5.28. The summed E-state index contributed by atoms with van der Waals surface area (Å²) in [4.78, 5) is 0. The van der Waals surface area contributed by atoms with E-state index in [0.717, 1.165) is 12.5 Å². The van der Waals surface area contributed by atoms with E-state index in [0.29, 0.717) is 12.2 Å². The Balaban J connectivity index is 2.92. The van der Waals surface area contributed by atoms with Gasteiger partial charge in [0.15, 0.2) is 0 Å². The third-order valence-electron chi connectivity index (χ3n) is 3.23. The summed E-state index contributed by atoms with van der Waals surface area (Å²) in [6, 6.07) is 5.36. The second-order valence-corrected chi connectivity index (χ2v) is 4.65. The molecule has 0 fully saturated rings. The lowest BCUT2D eigenvalue weighted by Crippen LogP contribution is -2.24. The summed E-state index contributed by atoms with van der Waals surface area (Å²) in [7, 11) is 3.37. The fourth-order valence-corrected chi connectivity index (χ4v) is 2.16. The first kappa shape index (κ1) is 16.0. The van der Waals surface area contributed by atoms with Gasteiger partial charge in [-0.3, -0.25) is 0 Å². The van der Waals surface area contributed by atoms with Gasteiger partial charge in [-0.15, -0.1) is 0 Å². The Labute approximate surface area is 112 Å². The lowest BCUT2D eigenvalue weighted by atomic mass is 9.91. The lowest BCUT2D eigenvalue weighted by molar-refractivity contribution is -0.137. The Morgan fingerprint density at radius 1 is 1.32 bits per heavy atom. The number of ether oxygens (including phenoxy) is 1. The molecule has 0 aliphatic carbocycles. The molecule has 0 saturated carbocycles. The van der Waals surface area contributed by atoms with Crippen LogP contribution in [0.5, 0.6) is 0 Å². The minimum Gasteiger partial charge on any atom is -0.385 e. The van der Waals surface area contributed by atoms with Crippen LogP contribution in [0.25, 0.3) is 0 Å². The number of benzene rings is 1. The molecular weight excluding hydrogens is 255 g/mol. The summed E-state index contributed by atoms with van der Waals surface area (Å²) in [6.45, 7) is 2.60. The molecule has 19 heavy (non-hydrogen) atoms. The van der Waals surface area contributed by atoms with E-state index in [-0.39, 0.29) is 12.0 Å². The number of hydrogen-bond acceptors (Lipinski definition) is 2. The molecule has 0 heterocycles. The Morgan fingerprint density at radius 2 is 2.00 bits per heavy atom. The molecule has 2 nitrogen and oxygen atoms in total. The van der Waals surface area contributed by atoms with Gasteiger partial charge in [0, 0.05) is 19.8 Å². The molecule has 1 aromatic rings. The Morgan fingerprint density at radius 3 is 2.53 bits per heavy atom. The number of nitrogens with one attached hydrogen (secondary N) is 1. The van der Waals surface area contributed by atoms with E-state index in [1.165, 1.54) is 12.1 Å². The SMILES string of the molecule is CNC(c1cccc(C(F)(F)F)c1)C(C)CCOC. The van der Waals surface area contributed by atoms with Gasteiger partial charge >= 0.3 is 6.18 Å². The lowest BCUT2D eigenvalue weighted by Gasteiger charge is -2.24. The normalized spacial score (nSPS) is 15.3. The van der Waals surface area contributed by atoms with E-state index in [1.54, 1.807) is 20.2 Å². The predicted octanol–water partition coefficient (Wildman–Crippen LogP) is 3.64. The minimum atomic E-state index is -4.30. The van der Waals surface area contributed by atoms with Crippen LogP contribution in [0.4, 0.5) is 13.2 Å². The van der Waals surface area contributed by atoms with Gasteiger partial charge in [-0.2, -0.15) is 13.2 Å². The predicted molar refractivity (Wildman–Crippen MR) is 68.9 cm³/mol. The molecule has 5 heteroatoms. The summed E-state index contributed by atoms with van der Waals surface area (Å²) >= 11 is 0. The molecule has 1 N–H and O–H groups in total. The van der Waals surface area contributed by atoms with Gasteiger partial charge in [-0.05, 0) is 37.1 Å². The maximum Gasteiger partial charge on any atom is 0.416 e. The average Bonchev–Trinajstić information content (AvgIpc) is 2.36. The number of hydrogen-bond donors (Lipinski definition) is 1. The standard InChI is InChI=1S/C14H20F3NO/c1-10(7-8-19-3)13(18-2)11-5-4-6-12(9-11)14(15,16)17/h4-6,9-10,13,18H,7-8H2,1-3H3. The second-order valence-electron chi connectivity index (χ2n) is 4.65. The highest BCUT2D eigenvalue weighted by Gasteiger charge is 2.31. The van der Waals surface area contributed by atoms with E-state index < -0.39 is 11.7 Å². The average molecular weight is 275 g/mol. The summed E-state index contributed by atoms with van der Waals surface area (Å²) in [6.07, 6.45) is -3.51. The van der Waals surface area contributed by atoms with Gasteiger partial charge in [0.1, 0.15) is 0 Å². The van der Waals surface area contributed by atoms with Gasteiger partial charge in [0.25, 0.3) is 0 Å². The number of methoxy groups -OCH3 is 1. The Kier molecular flexibility index (Phi) is 5.82. The van der Waals surface area contributed by atoms with E-state index in [1.807, 2.05) is 6.92 Å². The van der Waals surface area contributed by atoms with Crippen molar-refractivity contribution in [2.24, 2.45) is 5.92 Å². The van der Waals surface area contributed by atoms with Crippen LogP contribution < -0.4 is 5.32 Å². The molecule has 0 saturated heterocycles. The first-order chi connectivity index (χ1) is 8.90. The van der Waals surface area contributed by atoms with Gasteiger partial charge in [0.2, 0.25) is 0 Å². The van der Waals surface area contributed by atoms with Crippen LogP contribution in [-0.4, -0.2) is 20.8 Å². The van der Waals surface area contributed by atoms with Crippen molar-refractivity contribution >= 4 is 0 Å². The van der Waals surface area contributed by atoms with Crippen molar-refractivity contribution in [2.45, 2.75) is 25.6 Å². The number of rotatable bonds is 6. The van der Waals surface area contributed by atoms with Crippen LogP contribution in [0.1, 0.15) is 30.5 Å². The molecule has 0 aliphatic rings. The summed E-state index contributed by atoms with van der Waals surface area (Å²) in [5.74, 6) is 0.188. The first-order valence-corrected chi connectivity index (χ1v) is 6.23. The maximum atomic E-state index is 12.7. The van der Waals surface area contributed by atoms with E-state index >= 15 is 0 Å². The molecule has 2 unspecified atom stereocenters. The van der Waals surface area contributed by atoms with Crippen LogP contribution in [0.15, 0.2) is 24.3 Å². The van der Waals surface area contributed by atoms with Crippen molar-refractivity contribution in [3.63, 3.8) is 0 Å². The molecule has 0 spiro atoms. The maximum absolute atomic E-state index is 12.7. The van der Waals surface area contributed by atoms with Crippen LogP contribution in [0.2, 0.25) is 0 Å². The van der Waals surface area contributed by atoms with Gasteiger partial charge < -0.3 is 10.1 Å². The zero-order valence-electron chi connectivity index (χ0n) is 11.4. The van der Waals surface area contributed by atoms with Crippen LogP contribution in [0, 0.1) is 5.92 Å². The van der Waals surface area contributed by atoms with E-state index in [4.69, 9.17) is 4.74 Å². The molecular formula is C14H20F3NO.